The second-order valence-corrected chi connectivity index (χ2v) is 7.30. The average molecular weight is 362 g/mol. The van der Waals surface area contributed by atoms with Gasteiger partial charge in [-0.3, -0.25) is 4.79 Å². The summed E-state index contributed by atoms with van der Waals surface area (Å²) in [6.07, 6.45) is 0.349. The largest absolute Gasteiger partial charge is 0.397 e. The van der Waals surface area contributed by atoms with Crippen LogP contribution in [0.1, 0.15) is 12.1 Å². The molecule has 3 N–H and O–H groups in total. The highest BCUT2D eigenvalue weighted by Crippen LogP contribution is 2.32. The molecule has 0 radical (unpaired) electrons. The summed E-state index contributed by atoms with van der Waals surface area (Å²) < 4.78 is 0.962. The normalized spacial score (nSPS) is 10.6. The van der Waals surface area contributed by atoms with E-state index in [2.05, 4.69) is 10.3 Å². The Morgan fingerprint density at radius 3 is 2.86 bits per heavy atom. The summed E-state index contributed by atoms with van der Waals surface area (Å²) in [5.74, 6) is 0.496. The number of amides is 1. The number of carbonyl (C=O) groups is 1. The Morgan fingerprint density at radius 2 is 2.24 bits per heavy atom. The van der Waals surface area contributed by atoms with Crippen molar-refractivity contribution in [3.05, 3.63) is 33.3 Å². The molecule has 0 fully saturated rings. The van der Waals surface area contributed by atoms with Gasteiger partial charge in [-0.15, -0.1) is 11.3 Å². The zero-order valence-corrected chi connectivity index (χ0v) is 14.3. The third-order valence-corrected chi connectivity index (χ3v) is 5.16. The van der Waals surface area contributed by atoms with Gasteiger partial charge in [-0.2, -0.15) is 0 Å². The van der Waals surface area contributed by atoms with Crippen molar-refractivity contribution in [3.8, 4) is 0 Å². The van der Waals surface area contributed by atoms with Crippen LogP contribution in [0.3, 0.4) is 0 Å². The number of carbonyl (C=O) groups excluding carboxylic acids is 1. The van der Waals surface area contributed by atoms with Crippen molar-refractivity contribution < 1.29 is 4.79 Å². The van der Waals surface area contributed by atoms with Crippen LogP contribution in [0.25, 0.3) is 0 Å². The van der Waals surface area contributed by atoms with Crippen LogP contribution < -0.4 is 11.1 Å². The third-order valence-electron chi connectivity index (χ3n) is 2.50. The van der Waals surface area contributed by atoms with Crippen LogP contribution in [0.5, 0.6) is 0 Å². The maximum absolute atomic E-state index is 11.9. The fraction of sp³-hybridized carbons (Fsp3) is 0.231. The molecule has 21 heavy (non-hydrogen) atoms. The van der Waals surface area contributed by atoms with Crippen molar-refractivity contribution in [2.45, 2.75) is 17.7 Å². The Balaban J connectivity index is 1.87. The molecule has 1 heterocycles. The summed E-state index contributed by atoms with van der Waals surface area (Å²) in [4.78, 5) is 16.2. The Bertz CT molecular complexity index is 638. The fourth-order valence-electron chi connectivity index (χ4n) is 1.56. The average Bonchev–Trinajstić information content (AvgIpc) is 2.79. The summed E-state index contributed by atoms with van der Waals surface area (Å²) in [6.45, 7) is 1.94. The van der Waals surface area contributed by atoms with Gasteiger partial charge in [0.25, 0.3) is 0 Å². The van der Waals surface area contributed by atoms with Crippen molar-refractivity contribution in [3.63, 3.8) is 0 Å². The minimum Gasteiger partial charge on any atom is -0.397 e. The Kier molecular flexibility index (Phi) is 5.75. The van der Waals surface area contributed by atoms with E-state index in [1.165, 1.54) is 0 Å². The van der Waals surface area contributed by atoms with E-state index in [0.717, 1.165) is 10.0 Å². The second-order valence-electron chi connectivity index (χ2n) is 4.25. The SMILES string of the molecule is Cc1csc(SCCC(=O)Nc2c(N)cc(Cl)cc2Cl)n1. The van der Waals surface area contributed by atoms with Crippen LogP contribution >= 0.6 is 46.3 Å². The predicted octanol–water partition coefficient (Wildman–Crippen LogP) is 4.46. The van der Waals surface area contributed by atoms with Gasteiger partial charge in [-0.05, 0) is 19.1 Å². The molecule has 0 spiro atoms. The van der Waals surface area contributed by atoms with Crippen LogP contribution in [0, 0.1) is 6.92 Å². The van der Waals surface area contributed by atoms with Crippen LogP contribution in [0.4, 0.5) is 11.4 Å². The first-order valence-corrected chi connectivity index (χ1v) is 8.67. The van der Waals surface area contributed by atoms with Crippen LogP contribution in [0.2, 0.25) is 10.0 Å². The summed E-state index contributed by atoms with van der Waals surface area (Å²) in [6, 6.07) is 3.10. The first-order chi connectivity index (χ1) is 9.95. The van der Waals surface area contributed by atoms with E-state index >= 15 is 0 Å². The number of halogens is 2. The van der Waals surface area contributed by atoms with Gasteiger partial charge in [0.2, 0.25) is 5.91 Å². The molecule has 0 aliphatic rings. The lowest BCUT2D eigenvalue weighted by Crippen LogP contribution is -2.14. The van der Waals surface area contributed by atoms with Gasteiger partial charge < -0.3 is 11.1 Å². The number of benzene rings is 1. The number of hydrogen-bond donors (Lipinski definition) is 2. The second kappa shape index (κ2) is 7.35. The maximum atomic E-state index is 11.9. The molecule has 0 saturated carbocycles. The number of thioether (sulfide) groups is 1. The van der Waals surface area contributed by atoms with E-state index in [1.807, 2.05) is 12.3 Å². The summed E-state index contributed by atoms with van der Waals surface area (Å²) in [7, 11) is 0. The first-order valence-electron chi connectivity index (χ1n) is 6.05. The molecule has 2 aromatic rings. The molecule has 0 bridgehead atoms. The lowest BCUT2D eigenvalue weighted by atomic mass is 10.2. The fourth-order valence-corrected chi connectivity index (χ4v) is 3.97. The molecule has 0 saturated heterocycles. The van der Waals surface area contributed by atoms with Crippen LogP contribution in [-0.2, 0) is 4.79 Å². The minimum atomic E-state index is -0.147. The summed E-state index contributed by atoms with van der Waals surface area (Å²) >= 11 is 15.0. The van der Waals surface area contributed by atoms with Crippen molar-refractivity contribution in [1.29, 1.82) is 0 Å². The molecule has 112 valence electrons. The number of thiazole rings is 1. The molecule has 1 aromatic carbocycles. The number of aryl methyl sites for hydroxylation is 1. The Morgan fingerprint density at radius 1 is 1.48 bits per heavy atom. The van der Waals surface area contributed by atoms with Crippen molar-refractivity contribution in [2.75, 3.05) is 16.8 Å². The van der Waals surface area contributed by atoms with Crippen LogP contribution in [0.15, 0.2) is 21.9 Å². The van der Waals surface area contributed by atoms with E-state index < -0.39 is 0 Å². The van der Waals surface area contributed by atoms with Gasteiger partial charge in [0.1, 0.15) is 4.34 Å². The molecule has 0 unspecified atom stereocenters. The number of hydrogen-bond acceptors (Lipinski definition) is 5. The smallest absolute Gasteiger partial charge is 0.225 e. The zero-order valence-electron chi connectivity index (χ0n) is 11.2. The molecule has 0 atom stereocenters. The molecular formula is C13H13Cl2N3OS2. The van der Waals surface area contributed by atoms with E-state index in [9.17, 15) is 4.79 Å². The number of anilines is 2. The standard InChI is InChI=1S/C13H13Cl2N3OS2/c1-7-6-21-13(17-7)20-3-2-11(19)18-12-9(15)4-8(14)5-10(12)16/h4-6H,2-3,16H2,1H3,(H,18,19). The number of aromatic nitrogens is 1. The lowest BCUT2D eigenvalue weighted by Gasteiger charge is -2.10. The number of nitrogens with zero attached hydrogens (tertiary/aromatic N) is 1. The molecule has 8 heteroatoms. The number of rotatable bonds is 5. The van der Waals surface area contributed by atoms with Gasteiger partial charge >= 0.3 is 0 Å². The van der Waals surface area contributed by atoms with Gasteiger partial charge in [0, 0.05) is 28.3 Å². The monoisotopic (exact) mass is 361 g/mol. The van der Waals surface area contributed by atoms with E-state index in [4.69, 9.17) is 28.9 Å². The highest BCUT2D eigenvalue weighted by Gasteiger charge is 2.11. The van der Waals surface area contributed by atoms with E-state index in [-0.39, 0.29) is 5.91 Å². The van der Waals surface area contributed by atoms with E-state index in [1.54, 1.807) is 35.2 Å². The highest BCUT2D eigenvalue weighted by atomic mass is 35.5. The predicted molar refractivity (Wildman–Crippen MR) is 91.7 cm³/mol. The van der Waals surface area contributed by atoms with Gasteiger partial charge in [-0.1, -0.05) is 35.0 Å². The zero-order chi connectivity index (χ0) is 15.4. The highest BCUT2D eigenvalue weighted by molar-refractivity contribution is 8.01. The number of nitrogens with two attached hydrogens (primary N) is 1. The Hall–Kier alpha value is -0.950. The topological polar surface area (TPSA) is 68.0 Å². The third kappa shape index (κ3) is 4.78. The molecule has 0 aliphatic heterocycles. The summed E-state index contributed by atoms with van der Waals surface area (Å²) in [5.41, 5.74) is 7.54. The molecule has 0 aliphatic carbocycles. The van der Waals surface area contributed by atoms with Gasteiger partial charge in [-0.25, -0.2) is 4.98 Å². The maximum Gasteiger partial charge on any atom is 0.225 e. The van der Waals surface area contributed by atoms with Crippen molar-refractivity contribution >= 4 is 63.6 Å². The first kappa shape index (κ1) is 16.4. The summed E-state index contributed by atoms with van der Waals surface area (Å²) in [5, 5.41) is 5.46. The molecule has 1 amide bonds. The van der Waals surface area contributed by atoms with Crippen molar-refractivity contribution in [1.82, 2.24) is 4.98 Å². The molecule has 4 nitrogen and oxygen atoms in total. The van der Waals surface area contributed by atoms with Crippen LogP contribution in [-0.4, -0.2) is 16.6 Å². The van der Waals surface area contributed by atoms with E-state index in [0.29, 0.717) is 33.6 Å². The lowest BCUT2D eigenvalue weighted by molar-refractivity contribution is -0.115. The minimum absolute atomic E-state index is 0.147. The quantitative estimate of drug-likeness (QED) is 0.609. The number of nitrogens with one attached hydrogen (secondary N) is 1. The number of nitrogen functional groups attached to an aromatic ring is 1. The Labute approximate surface area is 141 Å². The van der Waals surface area contributed by atoms with Gasteiger partial charge in [0.15, 0.2) is 0 Å². The molecule has 1 aromatic heterocycles. The van der Waals surface area contributed by atoms with Crippen molar-refractivity contribution in [2.24, 2.45) is 0 Å². The molecule has 2 rings (SSSR count). The molecular weight excluding hydrogens is 349 g/mol. The van der Waals surface area contributed by atoms with Gasteiger partial charge in [0.05, 0.1) is 16.4 Å².